The first-order chi connectivity index (χ1) is 13.9. The van der Waals surface area contributed by atoms with E-state index in [1.54, 1.807) is 38.3 Å². The van der Waals surface area contributed by atoms with Gasteiger partial charge in [0.2, 0.25) is 11.6 Å². The monoisotopic (exact) mass is 413 g/mol. The number of nitrogens with one attached hydrogen (secondary N) is 1. The Morgan fingerprint density at radius 3 is 2.38 bits per heavy atom. The van der Waals surface area contributed by atoms with Gasteiger partial charge in [-0.1, -0.05) is 26.0 Å². The van der Waals surface area contributed by atoms with Gasteiger partial charge in [-0.3, -0.25) is 4.79 Å². The van der Waals surface area contributed by atoms with Crippen LogP contribution in [-0.2, 0) is 4.79 Å². The van der Waals surface area contributed by atoms with E-state index in [1.807, 2.05) is 24.3 Å². The van der Waals surface area contributed by atoms with E-state index in [0.717, 1.165) is 11.8 Å². The van der Waals surface area contributed by atoms with Gasteiger partial charge in [-0.25, -0.2) is 0 Å². The molecule has 152 valence electrons. The maximum atomic E-state index is 12.6. The van der Waals surface area contributed by atoms with Crippen molar-refractivity contribution in [3.63, 3.8) is 0 Å². The Bertz CT molecular complexity index is 969. The van der Waals surface area contributed by atoms with Gasteiger partial charge in [0.05, 0.1) is 17.6 Å². The van der Waals surface area contributed by atoms with Crippen LogP contribution in [0.3, 0.4) is 0 Å². The van der Waals surface area contributed by atoms with Crippen molar-refractivity contribution in [1.29, 1.82) is 0 Å². The Hall–Kier alpha value is -3.00. The first-order valence-electron chi connectivity index (χ1n) is 9.20. The number of hydrogen-bond acceptors (Lipinski definition) is 6. The lowest BCUT2D eigenvalue weighted by atomic mass is 10.0. The summed E-state index contributed by atoms with van der Waals surface area (Å²) in [7, 11) is 1.58. The summed E-state index contributed by atoms with van der Waals surface area (Å²) >= 11 is 1.09. The number of ether oxygens (including phenoxy) is 1. The number of aromatic nitrogens is 2. The van der Waals surface area contributed by atoms with Gasteiger partial charge in [0.25, 0.3) is 5.03 Å². The van der Waals surface area contributed by atoms with E-state index < -0.39 is 11.2 Å². The van der Waals surface area contributed by atoms with Gasteiger partial charge in [-0.15, -0.1) is 0 Å². The summed E-state index contributed by atoms with van der Waals surface area (Å²) in [5.41, 5.74) is 2.55. The van der Waals surface area contributed by atoms with E-state index in [1.165, 1.54) is 10.2 Å². The van der Waals surface area contributed by atoms with Crippen LogP contribution in [0.4, 0.5) is 5.69 Å². The minimum atomic E-state index is -0.591. The molecule has 29 heavy (non-hydrogen) atoms. The fraction of sp³-hybridized carbons (Fsp3) is 0.286. The van der Waals surface area contributed by atoms with Crippen LogP contribution in [-0.4, -0.2) is 23.5 Å². The molecule has 0 aliphatic carbocycles. The number of nitrogens with zero attached hydrogens (tertiary/aromatic N) is 2. The molecule has 3 rings (SSSR count). The molecule has 0 radical (unpaired) electrons. The second-order valence-electron chi connectivity index (χ2n) is 6.80. The average Bonchev–Trinajstić information content (AvgIpc) is 3.08. The minimum absolute atomic E-state index is 0.214. The summed E-state index contributed by atoms with van der Waals surface area (Å²) in [5, 5.41) is 18.5. The summed E-state index contributed by atoms with van der Waals surface area (Å²) in [6.07, 6.45) is 0. The molecule has 1 aromatic heterocycles. The molecule has 1 heterocycles. The Labute approximate surface area is 173 Å². The molecule has 0 fully saturated rings. The van der Waals surface area contributed by atoms with Crippen LogP contribution in [0, 0.1) is 0 Å². The minimum Gasteiger partial charge on any atom is -0.538 e. The lowest BCUT2D eigenvalue weighted by Gasteiger charge is -2.11. The number of rotatable bonds is 7. The molecule has 0 aliphatic heterocycles. The summed E-state index contributed by atoms with van der Waals surface area (Å²) in [5.74, 6) is 0.304. The zero-order valence-electron chi connectivity index (χ0n) is 16.7. The van der Waals surface area contributed by atoms with E-state index >= 15 is 0 Å². The largest absolute Gasteiger partial charge is 0.538 e. The number of methoxy groups -OCH3 is 1. The molecule has 1 atom stereocenters. The number of benzene rings is 2. The van der Waals surface area contributed by atoms with Crippen LogP contribution < -0.4 is 19.8 Å². The van der Waals surface area contributed by atoms with Crippen LogP contribution in [0.1, 0.15) is 32.3 Å². The molecule has 0 saturated heterocycles. The van der Waals surface area contributed by atoms with E-state index in [9.17, 15) is 9.90 Å². The van der Waals surface area contributed by atoms with Crippen molar-refractivity contribution in [2.75, 3.05) is 12.4 Å². The predicted octanol–water partition coefficient (Wildman–Crippen LogP) is 3.28. The molecule has 2 aromatic carbocycles. The van der Waals surface area contributed by atoms with Crippen molar-refractivity contribution in [2.45, 2.75) is 37.0 Å². The van der Waals surface area contributed by atoms with Crippen molar-refractivity contribution in [2.24, 2.45) is 0 Å². The third-order valence-electron chi connectivity index (χ3n) is 4.39. The second kappa shape index (κ2) is 9.00. The molecule has 7 nitrogen and oxygen atoms in total. The quantitative estimate of drug-likeness (QED) is 0.472. The van der Waals surface area contributed by atoms with Crippen molar-refractivity contribution in [3.05, 3.63) is 54.1 Å². The number of carbonyl (C=O) groups is 1. The van der Waals surface area contributed by atoms with Crippen molar-refractivity contribution < 1.29 is 23.8 Å². The van der Waals surface area contributed by atoms with Gasteiger partial charge in [-0.2, -0.15) is 0 Å². The molecule has 1 amide bonds. The van der Waals surface area contributed by atoms with Gasteiger partial charge >= 0.3 is 0 Å². The number of carbonyl (C=O) groups excluding carboxylic acids is 1. The highest BCUT2D eigenvalue weighted by Crippen LogP contribution is 2.28. The smallest absolute Gasteiger partial charge is 0.298 e. The van der Waals surface area contributed by atoms with Crippen LogP contribution >= 0.6 is 11.8 Å². The molecule has 0 aliphatic rings. The van der Waals surface area contributed by atoms with Gasteiger partial charge in [0.15, 0.2) is 5.95 Å². The highest BCUT2D eigenvalue weighted by Gasteiger charge is 2.26. The van der Waals surface area contributed by atoms with E-state index in [4.69, 9.17) is 9.26 Å². The molecule has 8 heteroatoms. The Kier molecular flexibility index (Phi) is 6.43. The predicted molar refractivity (Wildman–Crippen MR) is 109 cm³/mol. The summed E-state index contributed by atoms with van der Waals surface area (Å²) in [4.78, 5) is 12.6. The van der Waals surface area contributed by atoms with Crippen molar-refractivity contribution >= 4 is 23.4 Å². The molecular weight excluding hydrogens is 390 g/mol. The fourth-order valence-electron chi connectivity index (χ4n) is 2.64. The van der Waals surface area contributed by atoms with Gasteiger partial charge in [0, 0.05) is 17.8 Å². The number of hydrogen-bond donors (Lipinski definition) is 1. The summed E-state index contributed by atoms with van der Waals surface area (Å²) in [6.45, 7) is 5.96. The lowest BCUT2D eigenvalue weighted by Crippen LogP contribution is -2.36. The van der Waals surface area contributed by atoms with Crippen LogP contribution in [0.2, 0.25) is 0 Å². The number of anilines is 1. The van der Waals surface area contributed by atoms with Crippen LogP contribution in [0.5, 0.6) is 11.7 Å². The zero-order chi connectivity index (χ0) is 21.0. The topological polar surface area (TPSA) is 91.3 Å². The average molecular weight is 413 g/mol. The normalized spacial score (nSPS) is 12.0. The van der Waals surface area contributed by atoms with Crippen LogP contribution in [0.15, 0.2) is 58.1 Å². The van der Waals surface area contributed by atoms with Crippen molar-refractivity contribution in [1.82, 2.24) is 5.27 Å². The van der Waals surface area contributed by atoms with Crippen LogP contribution in [0.25, 0.3) is 5.69 Å². The molecule has 3 aromatic rings. The lowest BCUT2D eigenvalue weighted by molar-refractivity contribution is -0.705. The van der Waals surface area contributed by atoms with Gasteiger partial charge < -0.3 is 19.7 Å². The number of thioether (sulfide) groups is 1. The maximum absolute atomic E-state index is 12.6. The molecule has 0 saturated carbocycles. The highest BCUT2D eigenvalue weighted by molar-refractivity contribution is 8.00. The molecule has 1 N–H and O–H groups in total. The highest BCUT2D eigenvalue weighted by atomic mass is 32.2. The molecule has 0 bridgehead atoms. The van der Waals surface area contributed by atoms with Gasteiger partial charge in [0.1, 0.15) is 5.75 Å². The first kappa shape index (κ1) is 20.7. The summed E-state index contributed by atoms with van der Waals surface area (Å²) in [6, 6.07) is 14.8. The third-order valence-corrected chi connectivity index (χ3v) is 5.52. The Balaban J connectivity index is 1.72. The van der Waals surface area contributed by atoms with E-state index in [0.29, 0.717) is 23.0 Å². The molecule has 0 spiro atoms. The standard InChI is InChI=1S/C21H23N3O4S/c1-13(2)15-5-7-16(8-6-15)22-19(25)14(3)29-20-21(26)28-23-24(20)17-9-11-18(27-4)12-10-17/h5-14H,1-4H3,(H-,22,23,25,26). The SMILES string of the molecule is COc1ccc(-[n+]2noc([O-])c2SC(C)C(=O)Nc2ccc(C(C)C)cc2)cc1. The maximum Gasteiger partial charge on any atom is 0.298 e. The van der Waals surface area contributed by atoms with Gasteiger partial charge in [-0.05, 0) is 59.1 Å². The Morgan fingerprint density at radius 1 is 1.14 bits per heavy atom. The molecular formula is C21H23N3O4S. The Morgan fingerprint density at radius 2 is 1.79 bits per heavy atom. The fourth-order valence-corrected chi connectivity index (χ4v) is 3.52. The number of amides is 1. The van der Waals surface area contributed by atoms with E-state index in [2.05, 4.69) is 24.4 Å². The molecule has 1 unspecified atom stereocenters. The van der Waals surface area contributed by atoms with E-state index in [-0.39, 0.29) is 10.9 Å². The summed E-state index contributed by atoms with van der Waals surface area (Å²) < 4.78 is 11.3. The zero-order valence-corrected chi connectivity index (χ0v) is 17.5. The third kappa shape index (κ3) is 4.89. The second-order valence-corrected chi connectivity index (χ2v) is 8.13. The first-order valence-corrected chi connectivity index (χ1v) is 10.1. The van der Waals surface area contributed by atoms with Crippen molar-refractivity contribution in [3.8, 4) is 17.4 Å².